The van der Waals surface area contributed by atoms with Gasteiger partial charge in [0.05, 0.1) is 12.8 Å². The lowest BCUT2D eigenvalue weighted by Gasteiger charge is -2.34. The van der Waals surface area contributed by atoms with Crippen LogP contribution in [0.4, 0.5) is 0 Å². The van der Waals surface area contributed by atoms with Crippen molar-refractivity contribution in [2.75, 3.05) is 32.7 Å². The first-order valence-electron chi connectivity index (χ1n) is 7.40. The van der Waals surface area contributed by atoms with E-state index in [2.05, 4.69) is 4.90 Å². The summed E-state index contributed by atoms with van der Waals surface area (Å²) in [6, 6.07) is 7.21. The van der Waals surface area contributed by atoms with Crippen LogP contribution < -0.4 is 0 Å². The van der Waals surface area contributed by atoms with E-state index in [1.807, 2.05) is 34.0 Å². The predicted molar refractivity (Wildman–Crippen MR) is 80.5 cm³/mol. The molecule has 1 saturated heterocycles. The third kappa shape index (κ3) is 3.46. The van der Waals surface area contributed by atoms with E-state index in [4.69, 9.17) is 4.42 Å². The zero-order valence-corrected chi connectivity index (χ0v) is 12.4. The number of amides is 1. The van der Waals surface area contributed by atoms with Crippen LogP contribution in [0.3, 0.4) is 0 Å². The van der Waals surface area contributed by atoms with Gasteiger partial charge in [-0.25, -0.2) is 0 Å². The Balaban J connectivity index is 1.46. The Kier molecular flexibility index (Phi) is 4.39. The highest BCUT2D eigenvalue weighted by Crippen LogP contribution is 2.07. The number of Topliss-reactive ketones (excluding diaryl/α,β-unsaturated/α-hetero) is 1. The molecule has 2 aromatic heterocycles. The minimum absolute atomic E-state index is 0.0166. The second kappa shape index (κ2) is 6.62. The molecule has 6 heteroatoms. The summed E-state index contributed by atoms with van der Waals surface area (Å²) in [5, 5.41) is 0. The van der Waals surface area contributed by atoms with Crippen LogP contribution in [-0.4, -0.2) is 58.8 Å². The zero-order chi connectivity index (χ0) is 15.4. The SMILES string of the molecule is O=C(CN1CCN(C(=O)Cn2cccc2)CC1)c1ccco1. The van der Waals surface area contributed by atoms with Crippen LogP contribution in [0.2, 0.25) is 0 Å². The number of hydrogen-bond donors (Lipinski definition) is 0. The first-order valence-corrected chi connectivity index (χ1v) is 7.40. The fourth-order valence-electron chi connectivity index (χ4n) is 2.61. The van der Waals surface area contributed by atoms with Gasteiger partial charge in [0.1, 0.15) is 6.54 Å². The Morgan fingerprint density at radius 2 is 1.73 bits per heavy atom. The average molecular weight is 301 g/mol. The van der Waals surface area contributed by atoms with Gasteiger partial charge in [-0.15, -0.1) is 0 Å². The van der Waals surface area contributed by atoms with Gasteiger partial charge in [0.15, 0.2) is 5.76 Å². The molecule has 116 valence electrons. The van der Waals surface area contributed by atoms with Crippen molar-refractivity contribution in [2.45, 2.75) is 6.54 Å². The van der Waals surface area contributed by atoms with Crippen molar-refractivity contribution in [1.29, 1.82) is 0 Å². The van der Waals surface area contributed by atoms with Gasteiger partial charge < -0.3 is 13.9 Å². The minimum Gasteiger partial charge on any atom is -0.461 e. The maximum Gasteiger partial charge on any atom is 0.242 e. The predicted octanol–water partition coefficient (Wildman–Crippen LogP) is 1.11. The molecule has 0 unspecified atom stereocenters. The highest BCUT2D eigenvalue weighted by Gasteiger charge is 2.23. The highest BCUT2D eigenvalue weighted by atomic mass is 16.3. The van der Waals surface area contributed by atoms with Crippen LogP contribution >= 0.6 is 0 Å². The van der Waals surface area contributed by atoms with Gasteiger partial charge in [0.2, 0.25) is 11.7 Å². The van der Waals surface area contributed by atoms with Crippen molar-refractivity contribution < 1.29 is 14.0 Å². The van der Waals surface area contributed by atoms with Gasteiger partial charge in [-0.2, -0.15) is 0 Å². The van der Waals surface area contributed by atoms with Gasteiger partial charge in [-0.1, -0.05) is 0 Å². The van der Waals surface area contributed by atoms with Gasteiger partial charge in [-0.3, -0.25) is 14.5 Å². The van der Waals surface area contributed by atoms with E-state index in [1.54, 1.807) is 12.1 Å². The van der Waals surface area contributed by atoms with Gasteiger partial charge in [0.25, 0.3) is 0 Å². The van der Waals surface area contributed by atoms with E-state index < -0.39 is 0 Å². The fourth-order valence-corrected chi connectivity index (χ4v) is 2.61. The molecule has 0 aromatic carbocycles. The second-order valence-corrected chi connectivity index (χ2v) is 5.41. The molecule has 1 aliphatic rings. The lowest BCUT2D eigenvalue weighted by molar-refractivity contribution is -0.133. The number of hydrogen-bond acceptors (Lipinski definition) is 4. The lowest BCUT2D eigenvalue weighted by Crippen LogP contribution is -2.50. The summed E-state index contributed by atoms with van der Waals surface area (Å²) in [6.07, 6.45) is 5.28. The van der Waals surface area contributed by atoms with Crippen LogP contribution in [0.1, 0.15) is 10.6 Å². The molecule has 0 aliphatic carbocycles. The number of carbonyl (C=O) groups excluding carboxylic acids is 2. The van der Waals surface area contributed by atoms with Crippen molar-refractivity contribution >= 4 is 11.7 Å². The molecule has 3 rings (SSSR count). The van der Waals surface area contributed by atoms with E-state index >= 15 is 0 Å². The molecule has 6 nitrogen and oxygen atoms in total. The third-order valence-electron chi connectivity index (χ3n) is 3.87. The minimum atomic E-state index is -0.0166. The van der Waals surface area contributed by atoms with Crippen molar-refractivity contribution in [3.05, 3.63) is 48.7 Å². The van der Waals surface area contributed by atoms with Crippen molar-refractivity contribution in [1.82, 2.24) is 14.4 Å². The summed E-state index contributed by atoms with van der Waals surface area (Å²) < 4.78 is 6.98. The third-order valence-corrected chi connectivity index (χ3v) is 3.87. The van der Waals surface area contributed by atoms with Crippen LogP contribution in [0.25, 0.3) is 0 Å². The molecule has 22 heavy (non-hydrogen) atoms. The number of ketones is 1. The highest BCUT2D eigenvalue weighted by molar-refractivity contribution is 5.95. The molecular formula is C16H19N3O3. The average Bonchev–Trinajstić information content (AvgIpc) is 3.21. The molecule has 2 aromatic rings. The standard InChI is InChI=1S/C16H19N3O3/c20-14(15-4-3-11-22-15)12-18-7-9-19(10-8-18)16(21)13-17-5-1-2-6-17/h1-6,11H,7-10,12-13H2. The molecule has 1 fully saturated rings. The number of piperazine rings is 1. The molecule has 0 spiro atoms. The van der Waals surface area contributed by atoms with Crippen LogP contribution in [0.5, 0.6) is 0 Å². The van der Waals surface area contributed by atoms with Crippen LogP contribution in [0, 0.1) is 0 Å². The van der Waals surface area contributed by atoms with E-state index in [1.165, 1.54) is 6.26 Å². The summed E-state index contributed by atoms with van der Waals surface area (Å²) in [5.41, 5.74) is 0. The van der Waals surface area contributed by atoms with E-state index in [0.29, 0.717) is 45.0 Å². The first kappa shape index (κ1) is 14.6. The summed E-state index contributed by atoms with van der Waals surface area (Å²) in [7, 11) is 0. The van der Waals surface area contributed by atoms with Crippen molar-refractivity contribution in [3.63, 3.8) is 0 Å². The van der Waals surface area contributed by atoms with Gasteiger partial charge in [0, 0.05) is 38.6 Å². The zero-order valence-electron chi connectivity index (χ0n) is 12.4. The number of nitrogens with zero attached hydrogens (tertiary/aromatic N) is 3. The van der Waals surface area contributed by atoms with E-state index in [-0.39, 0.29) is 11.7 Å². The summed E-state index contributed by atoms with van der Waals surface area (Å²) in [4.78, 5) is 28.1. The molecule has 0 saturated carbocycles. The summed E-state index contributed by atoms with van der Waals surface area (Å²) >= 11 is 0. The maximum atomic E-state index is 12.2. The van der Waals surface area contributed by atoms with Crippen LogP contribution in [-0.2, 0) is 11.3 Å². The molecule has 1 aliphatic heterocycles. The van der Waals surface area contributed by atoms with E-state index in [9.17, 15) is 9.59 Å². The van der Waals surface area contributed by atoms with Crippen LogP contribution in [0.15, 0.2) is 47.3 Å². The molecular weight excluding hydrogens is 282 g/mol. The van der Waals surface area contributed by atoms with Gasteiger partial charge >= 0.3 is 0 Å². The first-order chi connectivity index (χ1) is 10.7. The Morgan fingerprint density at radius 1 is 1.00 bits per heavy atom. The number of furan rings is 1. The molecule has 3 heterocycles. The Hall–Kier alpha value is -2.34. The summed E-state index contributed by atoms with van der Waals surface area (Å²) in [6.45, 7) is 3.45. The quantitative estimate of drug-likeness (QED) is 0.776. The Labute approximate surface area is 128 Å². The second-order valence-electron chi connectivity index (χ2n) is 5.41. The van der Waals surface area contributed by atoms with Crippen molar-refractivity contribution in [2.24, 2.45) is 0 Å². The molecule has 0 atom stereocenters. The summed E-state index contributed by atoms with van der Waals surface area (Å²) in [5.74, 6) is 0.497. The molecule has 0 N–H and O–H groups in total. The smallest absolute Gasteiger partial charge is 0.242 e. The monoisotopic (exact) mass is 301 g/mol. The largest absolute Gasteiger partial charge is 0.461 e. The maximum absolute atomic E-state index is 12.2. The van der Waals surface area contributed by atoms with Gasteiger partial charge in [-0.05, 0) is 24.3 Å². The topological polar surface area (TPSA) is 58.7 Å². The molecule has 0 bridgehead atoms. The molecule has 0 radical (unpaired) electrons. The number of aromatic nitrogens is 1. The van der Waals surface area contributed by atoms with Crippen molar-refractivity contribution in [3.8, 4) is 0 Å². The fraction of sp³-hybridized carbons (Fsp3) is 0.375. The Bertz CT molecular complexity index is 611. The van der Waals surface area contributed by atoms with E-state index in [0.717, 1.165) is 0 Å². The Morgan fingerprint density at radius 3 is 2.36 bits per heavy atom. The number of rotatable bonds is 5. The lowest BCUT2D eigenvalue weighted by atomic mass is 10.2. The normalized spacial score (nSPS) is 15.9. The number of carbonyl (C=O) groups is 2. The molecule has 1 amide bonds.